The second-order valence-electron chi connectivity index (χ2n) is 12.1. The molecule has 0 spiro atoms. The van der Waals surface area contributed by atoms with E-state index in [4.69, 9.17) is 15.2 Å². The van der Waals surface area contributed by atoms with Crippen molar-refractivity contribution in [3.8, 4) is 17.2 Å². The molecule has 0 amide bonds. The molecule has 0 saturated heterocycles. The molecule has 12 nitrogen and oxygen atoms in total. The molecule has 48 heavy (non-hydrogen) atoms. The predicted molar refractivity (Wildman–Crippen MR) is 209 cm³/mol. The highest BCUT2D eigenvalue weighted by Gasteiger charge is 2.46. The normalized spacial score (nSPS) is 16.5. The molecule has 0 bridgehead atoms. The monoisotopic (exact) mass is 1120 g/mol. The Morgan fingerprint density at radius 3 is 1.40 bits per heavy atom. The van der Waals surface area contributed by atoms with Gasteiger partial charge in [-0.2, -0.15) is 0 Å². The summed E-state index contributed by atoms with van der Waals surface area (Å²) >= 11 is 8.03. The highest BCUT2D eigenvalue weighted by Crippen LogP contribution is 2.41. The average Bonchev–Trinajstić information content (AvgIpc) is 2.94. The number of esters is 1. The zero-order valence-corrected chi connectivity index (χ0v) is 35.4. The van der Waals surface area contributed by atoms with Crippen LogP contribution >= 0.6 is 90.4 Å². The van der Waals surface area contributed by atoms with Gasteiger partial charge in [0.2, 0.25) is 0 Å². The summed E-state index contributed by atoms with van der Waals surface area (Å²) in [7, 11) is 0. The molecule has 16 heteroatoms. The van der Waals surface area contributed by atoms with Crippen LogP contribution in [0.2, 0.25) is 0 Å². The number of nitrogens with two attached hydrogens (primary N) is 1. The Kier molecular flexibility index (Phi) is 16.1. The van der Waals surface area contributed by atoms with Crippen molar-refractivity contribution in [2.24, 2.45) is 53.1 Å². The van der Waals surface area contributed by atoms with Crippen molar-refractivity contribution in [2.45, 2.75) is 47.6 Å². The first-order chi connectivity index (χ1) is 22.1. The van der Waals surface area contributed by atoms with Gasteiger partial charge in [-0.1, -0.05) is 41.5 Å². The second-order valence-corrected chi connectivity index (χ2v) is 16.7. The van der Waals surface area contributed by atoms with Crippen LogP contribution in [0.4, 0.5) is 0 Å². The number of halogens is 4. The van der Waals surface area contributed by atoms with Gasteiger partial charge in [0.25, 0.3) is 0 Å². The van der Waals surface area contributed by atoms with Crippen molar-refractivity contribution in [2.75, 3.05) is 0 Å². The largest absolute Gasteiger partial charge is 0.481 e. The van der Waals surface area contributed by atoms with Gasteiger partial charge in [-0.3, -0.25) is 24.0 Å². The fourth-order valence-electron chi connectivity index (χ4n) is 5.95. The molecule has 6 N–H and O–H groups in total. The maximum Gasteiger partial charge on any atom is 0.325 e. The summed E-state index contributed by atoms with van der Waals surface area (Å²) in [6.45, 7) is 9.40. The number of aliphatic carboxylic acids is 4. The van der Waals surface area contributed by atoms with Crippen molar-refractivity contribution >= 4 is 120 Å². The molecule has 2 aromatic carbocycles. The molecule has 2 rings (SSSR count). The van der Waals surface area contributed by atoms with Crippen molar-refractivity contribution < 1.29 is 53.9 Å². The zero-order valence-electron chi connectivity index (χ0n) is 26.7. The lowest BCUT2D eigenvalue weighted by Crippen LogP contribution is -2.44. The molecule has 0 aromatic heterocycles. The Labute approximate surface area is 332 Å². The molecule has 2 aromatic rings. The number of hydrogen-bond donors (Lipinski definition) is 5. The van der Waals surface area contributed by atoms with Gasteiger partial charge < -0.3 is 35.6 Å². The van der Waals surface area contributed by atoms with E-state index in [1.807, 2.05) is 90.4 Å². The standard InChI is InChI=1S/C32H37I4NO11/c1-11(2)22(28(38)39)14(5)24(30(42)43)15(6)23(29(40)41)12(3)13(4)32(46)48-27-20(35)9-17(10-21(27)36)47-26-18(33)7-16(8-19(26)34)25(37)31(44)45/h7-15,22-25H,37H2,1-6H3,(H,38,39)(H,40,41)(H,42,43)(H,44,45). The van der Waals surface area contributed by atoms with Gasteiger partial charge in [0.15, 0.2) is 11.5 Å². The quantitative estimate of drug-likeness (QED) is 0.0643. The van der Waals surface area contributed by atoms with Gasteiger partial charge in [-0.25, -0.2) is 0 Å². The predicted octanol–water partition coefficient (Wildman–Crippen LogP) is 7.19. The van der Waals surface area contributed by atoms with Crippen LogP contribution in [0.25, 0.3) is 0 Å². The van der Waals surface area contributed by atoms with Gasteiger partial charge in [-0.05, 0) is 144 Å². The summed E-state index contributed by atoms with van der Waals surface area (Å²) in [6.07, 6.45) is 0. The minimum absolute atomic E-state index is 0.234. The van der Waals surface area contributed by atoms with Crippen LogP contribution in [-0.2, 0) is 24.0 Å². The molecular formula is C32H37I4NO11. The molecule has 0 heterocycles. The molecule has 0 aliphatic heterocycles. The van der Waals surface area contributed by atoms with Crippen molar-refractivity contribution in [1.82, 2.24) is 0 Å². The Hall–Kier alpha value is -1.53. The lowest BCUT2D eigenvalue weighted by molar-refractivity contribution is -0.157. The first-order valence-electron chi connectivity index (χ1n) is 14.7. The van der Waals surface area contributed by atoms with E-state index in [2.05, 4.69) is 0 Å². The van der Waals surface area contributed by atoms with E-state index < -0.39 is 83.2 Å². The van der Waals surface area contributed by atoms with Gasteiger partial charge in [0.1, 0.15) is 11.8 Å². The van der Waals surface area contributed by atoms with Crippen LogP contribution in [0, 0.1) is 61.6 Å². The molecule has 8 unspecified atom stereocenters. The van der Waals surface area contributed by atoms with E-state index in [9.17, 15) is 44.4 Å². The Morgan fingerprint density at radius 2 is 1.00 bits per heavy atom. The van der Waals surface area contributed by atoms with Crippen LogP contribution in [-0.4, -0.2) is 50.3 Å². The average molecular weight is 1120 g/mol. The van der Waals surface area contributed by atoms with Gasteiger partial charge in [-0.15, -0.1) is 0 Å². The van der Waals surface area contributed by atoms with Gasteiger partial charge >= 0.3 is 29.8 Å². The SMILES string of the molecule is CC(C)C(C(=O)O)C(C)C(C(=O)O)C(C)C(C(=O)O)C(C)C(C)C(=O)Oc1c(I)cc(Oc2c(I)cc(C(N)C(=O)O)cc2I)cc1I. The van der Waals surface area contributed by atoms with Crippen molar-refractivity contribution in [3.05, 3.63) is 44.1 Å². The summed E-state index contributed by atoms with van der Waals surface area (Å²) in [5.41, 5.74) is 6.19. The maximum atomic E-state index is 13.4. The number of carboxylic acid groups (broad SMARTS) is 4. The van der Waals surface area contributed by atoms with E-state index in [-0.39, 0.29) is 5.75 Å². The second kappa shape index (κ2) is 18.1. The van der Waals surface area contributed by atoms with Crippen LogP contribution < -0.4 is 15.2 Å². The first kappa shape index (κ1) is 42.6. The summed E-state index contributed by atoms with van der Waals surface area (Å²) in [5.74, 6) is -12.2. The Bertz CT molecular complexity index is 1520. The Morgan fingerprint density at radius 1 is 0.604 bits per heavy atom. The van der Waals surface area contributed by atoms with Gasteiger partial charge in [0.05, 0.1) is 38.0 Å². The number of ether oxygens (including phenoxy) is 2. The number of hydrogen-bond acceptors (Lipinski definition) is 8. The number of carboxylic acids is 4. The topological polar surface area (TPSA) is 211 Å². The maximum absolute atomic E-state index is 13.4. The van der Waals surface area contributed by atoms with Crippen LogP contribution in [0.3, 0.4) is 0 Å². The summed E-state index contributed by atoms with van der Waals surface area (Å²) in [4.78, 5) is 61.8. The molecular weight excluding hydrogens is 1080 g/mol. The highest BCUT2D eigenvalue weighted by molar-refractivity contribution is 14.1. The van der Waals surface area contributed by atoms with E-state index in [1.165, 1.54) is 20.8 Å². The van der Waals surface area contributed by atoms with E-state index in [0.717, 1.165) is 0 Å². The molecule has 0 aliphatic carbocycles. The van der Waals surface area contributed by atoms with E-state index in [0.29, 0.717) is 31.3 Å². The van der Waals surface area contributed by atoms with Crippen LogP contribution in [0.5, 0.6) is 17.2 Å². The summed E-state index contributed by atoms with van der Waals surface area (Å²) in [5, 5.41) is 39.4. The molecule has 8 atom stereocenters. The molecule has 0 aliphatic rings. The molecule has 0 fully saturated rings. The minimum Gasteiger partial charge on any atom is -0.481 e. The number of rotatable bonds is 16. The molecule has 0 radical (unpaired) electrons. The fraction of sp³-hybridized carbons (Fsp3) is 0.469. The number of benzene rings is 2. The smallest absolute Gasteiger partial charge is 0.325 e. The summed E-state index contributed by atoms with van der Waals surface area (Å²) < 4.78 is 14.2. The minimum atomic E-state index is -1.30. The molecule has 0 saturated carbocycles. The third-order valence-electron chi connectivity index (χ3n) is 8.61. The Balaban J connectivity index is 2.33. The third-order valence-corrected chi connectivity index (χ3v) is 11.8. The lowest BCUT2D eigenvalue weighted by atomic mass is 9.66. The van der Waals surface area contributed by atoms with Crippen molar-refractivity contribution in [1.29, 1.82) is 0 Å². The fourth-order valence-corrected chi connectivity index (χ4v) is 9.92. The van der Waals surface area contributed by atoms with Gasteiger partial charge in [0, 0.05) is 0 Å². The third kappa shape index (κ3) is 10.3. The van der Waals surface area contributed by atoms with E-state index >= 15 is 0 Å². The van der Waals surface area contributed by atoms with Crippen LogP contribution in [0.1, 0.15) is 53.1 Å². The lowest BCUT2D eigenvalue weighted by Gasteiger charge is -2.37. The zero-order chi connectivity index (χ0) is 36.9. The first-order valence-corrected chi connectivity index (χ1v) is 19.0. The number of carbonyl (C=O) groups is 5. The summed E-state index contributed by atoms with van der Waals surface area (Å²) in [6, 6.07) is 5.37. The highest BCUT2D eigenvalue weighted by atomic mass is 127. The number of carbonyl (C=O) groups excluding carboxylic acids is 1. The van der Waals surface area contributed by atoms with Crippen molar-refractivity contribution in [3.63, 3.8) is 0 Å². The van der Waals surface area contributed by atoms with E-state index in [1.54, 1.807) is 45.0 Å². The molecule has 264 valence electrons. The van der Waals surface area contributed by atoms with Crippen LogP contribution in [0.15, 0.2) is 24.3 Å².